The summed E-state index contributed by atoms with van der Waals surface area (Å²) in [6.07, 6.45) is -0.226. The van der Waals surface area contributed by atoms with Crippen LogP contribution in [0.25, 0.3) is 0 Å². The van der Waals surface area contributed by atoms with Crippen molar-refractivity contribution in [1.29, 1.82) is 10.7 Å². The predicted octanol–water partition coefficient (Wildman–Crippen LogP) is 2.31. The van der Waals surface area contributed by atoms with Gasteiger partial charge in [0.2, 0.25) is 17.6 Å². The van der Waals surface area contributed by atoms with Gasteiger partial charge in [0.05, 0.1) is 24.8 Å². The van der Waals surface area contributed by atoms with Crippen LogP contribution in [0.4, 0.5) is 24.8 Å². The average molecular weight is 673 g/mol. The van der Waals surface area contributed by atoms with E-state index < -0.39 is 18.0 Å². The molecule has 13 nitrogen and oxygen atoms in total. The van der Waals surface area contributed by atoms with Crippen LogP contribution >= 0.6 is 0 Å². The van der Waals surface area contributed by atoms with Crippen LogP contribution in [0, 0.1) is 22.7 Å². The Hall–Kier alpha value is -4.65. The predicted molar refractivity (Wildman–Crippen MR) is 173 cm³/mol. The number of nitriles is 1. The van der Waals surface area contributed by atoms with Gasteiger partial charge in [-0.15, -0.1) is 0 Å². The number of alkyl halides is 3. The van der Waals surface area contributed by atoms with Crippen molar-refractivity contribution in [1.82, 2.24) is 25.9 Å². The van der Waals surface area contributed by atoms with E-state index in [9.17, 15) is 22.8 Å². The van der Waals surface area contributed by atoms with Gasteiger partial charge in [-0.05, 0) is 62.1 Å². The lowest BCUT2D eigenvalue weighted by atomic mass is 9.91. The topological polar surface area (TPSA) is 185 Å². The summed E-state index contributed by atoms with van der Waals surface area (Å²) in [7, 11) is 0. The molecule has 3 heterocycles. The van der Waals surface area contributed by atoms with Crippen molar-refractivity contribution in [3.8, 4) is 6.07 Å². The molecule has 0 unspecified atom stereocenters. The van der Waals surface area contributed by atoms with Gasteiger partial charge in [0.1, 0.15) is 17.7 Å². The van der Waals surface area contributed by atoms with Crippen molar-refractivity contribution in [3.05, 3.63) is 47.3 Å². The van der Waals surface area contributed by atoms with E-state index in [1.165, 1.54) is 0 Å². The average Bonchev–Trinajstić information content (AvgIpc) is 3.04. The highest BCUT2D eigenvalue weighted by molar-refractivity contribution is 5.86. The van der Waals surface area contributed by atoms with Crippen LogP contribution in [0.1, 0.15) is 55.5 Å². The first kappa shape index (κ1) is 36.2. The summed E-state index contributed by atoms with van der Waals surface area (Å²) in [5, 5.41) is 24.3. The van der Waals surface area contributed by atoms with Crippen LogP contribution in [0.3, 0.4) is 0 Å². The van der Waals surface area contributed by atoms with Crippen molar-refractivity contribution in [2.75, 3.05) is 62.3 Å². The lowest BCUT2D eigenvalue weighted by molar-refractivity contribution is -0.144. The van der Waals surface area contributed by atoms with E-state index in [1.54, 1.807) is 23.1 Å². The molecule has 48 heavy (non-hydrogen) atoms. The molecule has 0 saturated carbocycles. The summed E-state index contributed by atoms with van der Waals surface area (Å²) in [5.74, 6) is -1.06. The summed E-state index contributed by atoms with van der Waals surface area (Å²) >= 11 is 0. The zero-order valence-corrected chi connectivity index (χ0v) is 26.8. The van der Waals surface area contributed by atoms with Gasteiger partial charge < -0.3 is 36.2 Å². The van der Waals surface area contributed by atoms with Crippen molar-refractivity contribution in [2.24, 2.45) is 11.7 Å². The summed E-state index contributed by atoms with van der Waals surface area (Å²) in [6, 6.07) is 10.0. The maximum absolute atomic E-state index is 13.9. The zero-order valence-electron chi connectivity index (χ0n) is 26.8. The molecule has 6 N–H and O–H groups in total. The normalized spacial score (nSPS) is 16.5. The zero-order chi connectivity index (χ0) is 34.5. The number of ether oxygens (including phenoxy) is 1. The van der Waals surface area contributed by atoms with Gasteiger partial charge in [-0.2, -0.15) is 18.4 Å². The number of piperidine rings is 1. The van der Waals surface area contributed by atoms with E-state index in [-0.39, 0.29) is 29.4 Å². The Labute approximate surface area is 277 Å². The highest BCUT2D eigenvalue weighted by Crippen LogP contribution is 2.34. The molecule has 0 bridgehead atoms. The highest BCUT2D eigenvalue weighted by atomic mass is 19.4. The Balaban J connectivity index is 1.23. The molecular weight excluding hydrogens is 629 g/mol. The fraction of sp³-hybridized carbons (Fsp3) is 0.562. The van der Waals surface area contributed by atoms with E-state index in [4.69, 9.17) is 21.1 Å². The molecule has 16 heteroatoms. The molecular formula is C32H43F3N10O3. The standard InChI is InChI=1S/C32H43F3N10O3/c33-32(34,35)30-42-26(44-15-9-22(10-16-44)2-1-3-28(46)39-13-18-48-19-14-41-31(37)38)20-27(43-30)45-17-11-25(45)29(47)40-12-8-23-4-6-24(21-36)7-5-23/h4-7,20,22,25H,1-3,8-19H2,(H,39,46)(H,40,47)(H4,37,38,41)/t25-/m0/s1. The first-order valence-electron chi connectivity index (χ1n) is 16.2. The number of hydrogen-bond acceptors (Lipinski definition) is 9. The number of nitrogens with zero attached hydrogens (tertiary/aromatic N) is 5. The van der Waals surface area contributed by atoms with Gasteiger partial charge >= 0.3 is 6.18 Å². The Bertz CT molecular complexity index is 1430. The van der Waals surface area contributed by atoms with E-state index >= 15 is 0 Å². The van der Waals surface area contributed by atoms with Crippen molar-refractivity contribution in [2.45, 2.75) is 57.2 Å². The number of amides is 2. The number of carbonyl (C=O) groups is 2. The third kappa shape index (κ3) is 11.0. The fourth-order valence-electron chi connectivity index (χ4n) is 5.70. The lowest BCUT2D eigenvalue weighted by Crippen LogP contribution is -2.57. The first-order chi connectivity index (χ1) is 23.0. The molecule has 2 amide bonds. The quantitative estimate of drug-likeness (QED) is 0.101. The number of rotatable bonds is 16. The molecule has 2 aliphatic rings. The Morgan fingerprint density at radius 1 is 1.00 bits per heavy atom. The summed E-state index contributed by atoms with van der Waals surface area (Å²) in [5.41, 5.74) is 6.69. The molecule has 0 aliphatic carbocycles. The van der Waals surface area contributed by atoms with Crippen molar-refractivity contribution >= 4 is 29.4 Å². The molecule has 2 aromatic rings. The molecule has 4 rings (SSSR count). The molecule has 2 aliphatic heterocycles. The fourth-order valence-corrected chi connectivity index (χ4v) is 5.70. The number of anilines is 2. The Morgan fingerprint density at radius 2 is 1.69 bits per heavy atom. The SMILES string of the molecule is N#Cc1ccc(CCNC(=O)[C@@H]2CCN2c2cc(N3CCC(CCCC(=O)NCCOCCNC(=N)N)CC3)nc(C(F)(F)F)n2)cc1. The number of guanidine groups is 1. The Kier molecular flexibility index (Phi) is 13.2. The van der Waals surface area contributed by atoms with E-state index in [2.05, 4.69) is 32.0 Å². The first-order valence-corrected chi connectivity index (χ1v) is 16.2. The molecule has 1 atom stereocenters. The number of halogens is 3. The Morgan fingerprint density at radius 3 is 2.31 bits per heavy atom. The number of hydrogen-bond donors (Lipinski definition) is 5. The molecule has 0 radical (unpaired) electrons. The minimum absolute atomic E-state index is 0.0598. The van der Waals surface area contributed by atoms with Crippen LogP contribution in [0.5, 0.6) is 0 Å². The molecule has 0 spiro atoms. The van der Waals surface area contributed by atoms with Crippen LogP contribution in [-0.2, 0) is 26.9 Å². The maximum Gasteiger partial charge on any atom is 0.451 e. The van der Waals surface area contributed by atoms with Gasteiger partial charge in [-0.25, -0.2) is 9.97 Å². The van der Waals surface area contributed by atoms with Crippen LogP contribution in [0.2, 0.25) is 0 Å². The summed E-state index contributed by atoms with van der Waals surface area (Å²) in [6.45, 7) is 3.36. The molecule has 2 saturated heterocycles. The van der Waals surface area contributed by atoms with Gasteiger partial charge in [-0.3, -0.25) is 15.0 Å². The van der Waals surface area contributed by atoms with Gasteiger partial charge in [0.15, 0.2) is 5.96 Å². The number of nitrogens with two attached hydrogens (primary N) is 1. The summed E-state index contributed by atoms with van der Waals surface area (Å²) < 4.78 is 46.9. The number of carbonyl (C=O) groups excluding carboxylic acids is 2. The van der Waals surface area contributed by atoms with E-state index in [0.717, 1.165) is 24.8 Å². The van der Waals surface area contributed by atoms with Crippen molar-refractivity contribution < 1.29 is 27.5 Å². The molecule has 1 aromatic heterocycles. The minimum Gasteiger partial charge on any atom is -0.378 e. The monoisotopic (exact) mass is 672 g/mol. The van der Waals surface area contributed by atoms with Gasteiger partial charge in [0.25, 0.3) is 0 Å². The molecule has 260 valence electrons. The molecule has 2 fully saturated rings. The van der Waals surface area contributed by atoms with Crippen molar-refractivity contribution in [3.63, 3.8) is 0 Å². The van der Waals surface area contributed by atoms with Crippen LogP contribution in [0.15, 0.2) is 30.3 Å². The third-order valence-electron chi connectivity index (χ3n) is 8.45. The van der Waals surface area contributed by atoms with Gasteiger partial charge in [0, 0.05) is 51.8 Å². The second kappa shape index (κ2) is 17.5. The van der Waals surface area contributed by atoms with Crippen LogP contribution < -0.4 is 31.5 Å². The third-order valence-corrected chi connectivity index (χ3v) is 8.45. The highest BCUT2D eigenvalue weighted by Gasteiger charge is 2.40. The second-order valence-electron chi connectivity index (χ2n) is 11.9. The van der Waals surface area contributed by atoms with Crippen LogP contribution in [-0.4, -0.2) is 86.3 Å². The number of nitrogens with one attached hydrogen (secondary N) is 4. The number of aromatic nitrogens is 2. The van der Waals surface area contributed by atoms with E-state index in [1.807, 2.05) is 17.0 Å². The lowest BCUT2D eigenvalue weighted by Gasteiger charge is -2.41. The van der Waals surface area contributed by atoms with Gasteiger partial charge in [-0.1, -0.05) is 12.1 Å². The largest absolute Gasteiger partial charge is 0.451 e. The van der Waals surface area contributed by atoms with E-state index in [0.29, 0.717) is 89.6 Å². The summed E-state index contributed by atoms with van der Waals surface area (Å²) in [4.78, 5) is 36.2. The maximum atomic E-state index is 13.9. The minimum atomic E-state index is -4.74. The number of benzene rings is 1. The molecule has 1 aromatic carbocycles. The second-order valence-corrected chi connectivity index (χ2v) is 11.9. The smallest absolute Gasteiger partial charge is 0.378 e.